The summed E-state index contributed by atoms with van der Waals surface area (Å²) in [5.41, 5.74) is 0.998. The van der Waals surface area contributed by atoms with Crippen molar-refractivity contribution in [1.82, 2.24) is 4.90 Å². The average Bonchev–Trinajstić information content (AvgIpc) is 2.89. The van der Waals surface area contributed by atoms with Crippen LogP contribution in [0.25, 0.3) is 16.8 Å². The van der Waals surface area contributed by atoms with Gasteiger partial charge in [0, 0.05) is 12.5 Å². The van der Waals surface area contributed by atoms with Crippen LogP contribution in [0.3, 0.4) is 0 Å². The Morgan fingerprint density at radius 3 is 2.69 bits per heavy atom. The van der Waals surface area contributed by atoms with Gasteiger partial charge in [-0.1, -0.05) is 72.9 Å². The Morgan fingerprint density at radius 1 is 1.12 bits per heavy atom. The Balaban J connectivity index is 1.70. The molecule has 6 heteroatoms. The molecule has 1 heterocycles. The van der Waals surface area contributed by atoms with E-state index in [0.717, 1.165) is 29.2 Å². The fourth-order valence-corrected chi connectivity index (χ4v) is 4.23. The first-order chi connectivity index (χ1) is 12.6. The number of benzene rings is 2. The summed E-state index contributed by atoms with van der Waals surface area (Å²) in [7, 11) is 0. The molecule has 0 radical (unpaired) electrons. The van der Waals surface area contributed by atoms with Gasteiger partial charge in [0.25, 0.3) is 5.91 Å². The molecule has 0 aliphatic carbocycles. The fourth-order valence-electron chi connectivity index (χ4n) is 2.93. The number of carbonyl (C=O) groups is 2. The molecule has 0 spiro atoms. The average molecular weight is 385 g/mol. The number of unbranched alkanes of at least 4 members (excludes halogenated alkanes) is 2. The number of carboxylic acids is 1. The van der Waals surface area contributed by atoms with Gasteiger partial charge in [-0.05, 0) is 41.7 Å². The van der Waals surface area contributed by atoms with Crippen molar-refractivity contribution in [3.63, 3.8) is 0 Å². The number of fused-ring (bicyclic) bond motifs is 1. The first-order valence-electron chi connectivity index (χ1n) is 8.49. The highest BCUT2D eigenvalue weighted by molar-refractivity contribution is 8.26. The fraction of sp³-hybridized carbons (Fsp3) is 0.250. The second-order valence-electron chi connectivity index (χ2n) is 6.08. The van der Waals surface area contributed by atoms with Crippen LogP contribution in [0.15, 0.2) is 47.4 Å². The van der Waals surface area contributed by atoms with Crippen molar-refractivity contribution in [3.05, 3.63) is 52.9 Å². The third-order valence-corrected chi connectivity index (χ3v) is 5.62. The number of hydrogen-bond acceptors (Lipinski definition) is 5. The van der Waals surface area contributed by atoms with E-state index < -0.39 is 5.97 Å². The van der Waals surface area contributed by atoms with E-state index in [1.54, 1.807) is 4.90 Å². The van der Waals surface area contributed by atoms with Gasteiger partial charge in [0.15, 0.2) is 0 Å². The number of carbonyl (C=O) groups excluding carboxylic acids is 2. The van der Waals surface area contributed by atoms with Gasteiger partial charge in [-0.3, -0.25) is 9.69 Å². The maximum Gasteiger partial charge on any atom is 0.266 e. The number of rotatable bonds is 7. The normalized spacial score (nSPS) is 16.0. The predicted octanol–water partition coefficient (Wildman–Crippen LogP) is 3.35. The third-order valence-electron chi connectivity index (χ3n) is 4.25. The Hall–Kier alpha value is -2.18. The summed E-state index contributed by atoms with van der Waals surface area (Å²) in [5.74, 6) is -1.11. The van der Waals surface area contributed by atoms with Crippen LogP contribution in [-0.4, -0.2) is 27.6 Å². The minimum Gasteiger partial charge on any atom is -0.550 e. The Labute approximate surface area is 161 Å². The lowest BCUT2D eigenvalue weighted by Gasteiger charge is -2.14. The monoisotopic (exact) mass is 384 g/mol. The van der Waals surface area contributed by atoms with Crippen LogP contribution < -0.4 is 5.11 Å². The van der Waals surface area contributed by atoms with Crippen LogP contribution in [0.1, 0.15) is 31.2 Å². The Morgan fingerprint density at radius 2 is 1.88 bits per heavy atom. The summed E-state index contributed by atoms with van der Waals surface area (Å²) in [5, 5.41) is 12.7. The van der Waals surface area contributed by atoms with Crippen LogP contribution in [0.2, 0.25) is 0 Å². The van der Waals surface area contributed by atoms with Gasteiger partial charge in [-0.15, -0.1) is 0 Å². The zero-order valence-corrected chi connectivity index (χ0v) is 15.8. The summed E-state index contributed by atoms with van der Waals surface area (Å²) < 4.78 is 0.557. The molecule has 0 bridgehead atoms. The molecular weight excluding hydrogens is 366 g/mol. The number of thioether (sulfide) groups is 1. The number of amides is 1. The zero-order valence-electron chi connectivity index (χ0n) is 14.1. The molecule has 134 valence electrons. The molecule has 0 atom stereocenters. The van der Waals surface area contributed by atoms with E-state index in [2.05, 4.69) is 0 Å². The summed E-state index contributed by atoms with van der Waals surface area (Å²) >= 11 is 6.67. The smallest absolute Gasteiger partial charge is 0.266 e. The molecule has 3 rings (SSSR count). The number of carboxylic acid groups (broad SMARTS) is 1. The van der Waals surface area contributed by atoms with Crippen molar-refractivity contribution >= 4 is 57.0 Å². The maximum absolute atomic E-state index is 12.7. The number of thiocarbonyl (C=S) groups is 1. The van der Waals surface area contributed by atoms with Gasteiger partial charge in [0.1, 0.15) is 4.32 Å². The molecule has 2 aromatic carbocycles. The zero-order chi connectivity index (χ0) is 18.5. The van der Waals surface area contributed by atoms with Gasteiger partial charge >= 0.3 is 0 Å². The number of nitrogens with zero attached hydrogens (tertiary/aromatic N) is 1. The molecule has 0 saturated carbocycles. The lowest BCUT2D eigenvalue weighted by Crippen LogP contribution is -2.29. The molecule has 0 aromatic heterocycles. The Kier molecular flexibility index (Phi) is 6.06. The molecule has 1 aliphatic heterocycles. The van der Waals surface area contributed by atoms with Gasteiger partial charge < -0.3 is 9.90 Å². The lowest BCUT2D eigenvalue weighted by atomic mass is 10.0. The van der Waals surface area contributed by atoms with Crippen molar-refractivity contribution in [2.45, 2.75) is 25.7 Å². The van der Waals surface area contributed by atoms with Crippen molar-refractivity contribution in [2.75, 3.05) is 6.54 Å². The van der Waals surface area contributed by atoms with Gasteiger partial charge in [0.05, 0.1) is 4.91 Å². The molecule has 0 N–H and O–H groups in total. The summed E-state index contributed by atoms with van der Waals surface area (Å²) in [4.78, 5) is 25.3. The molecule has 26 heavy (non-hydrogen) atoms. The highest BCUT2D eigenvalue weighted by Crippen LogP contribution is 2.34. The highest BCUT2D eigenvalue weighted by Gasteiger charge is 2.31. The van der Waals surface area contributed by atoms with Crippen molar-refractivity contribution < 1.29 is 14.7 Å². The van der Waals surface area contributed by atoms with Gasteiger partial charge in [-0.2, -0.15) is 0 Å². The predicted molar refractivity (Wildman–Crippen MR) is 107 cm³/mol. The molecule has 1 aliphatic rings. The molecule has 0 unspecified atom stereocenters. The number of aliphatic carboxylic acids is 1. The summed E-state index contributed by atoms with van der Waals surface area (Å²) in [6.07, 6.45) is 3.97. The van der Waals surface area contributed by atoms with E-state index in [9.17, 15) is 14.7 Å². The van der Waals surface area contributed by atoms with E-state index in [1.165, 1.54) is 11.8 Å². The second-order valence-corrected chi connectivity index (χ2v) is 7.76. The van der Waals surface area contributed by atoms with E-state index in [1.807, 2.05) is 48.5 Å². The van der Waals surface area contributed by atoms with Crippen LogP contribution in [0.4, 0.5) is 0 Å². The molecule has 1 fully saturated rings. The van der Waals surface area contributed by atoms with Crippen LogP contribution in [0, 0.1) is 0 Å². The van der Waals surface area contributed by atoms with Gasteiger partial charge in [-0.25, -0.2) is 0 Å². The first-order valence-corrected chi connectivity index (χ1v) is 9.72. The second kappa shape index (κ2) is 8.47. The standard InChI is InChI=1S/C20H19NO3S2/c22-18(23)11-2-1-5-12-21-19(24)17(26-20(21)25)13-15-9-6-8-14-7-3-4-10-16(14)15/h3-4,6-10,13H,1-2,5,11-12H2,(H,22,23)/p-1. The summed E-state index contributed by atoms with van der Waals surface area (Å²) in [6, 6.07) is 14.1. The number of hydrogen-bond donors (Lipinski definition) is 0. The Bertz CT molecular complexity index is 886. The molecule has 1 amide bonds. The topological polar surface area (TPSA) is 60.4 Å². The van der Waals surface area contributed by atoms with E-state index >= 15 is 0 Å². The van der Waals surface area contributed by atoms with Gasteiger partial charge in [0.2, 0.25) is 0 Å². The van der Waals surface area contributed by atoms with Crippen molar-refractivity contribution in [2.24, 2.45) is 0 Å². The quantitative estimate of drug-likeness (QED) is 0.416. The third kappa shape index (κ3) is 4.31. The molecule has 1 saturated heterocycles. The van der Waals surface area contributed by atoms with Crippen LogP contribution in [-0.2, 0) is 9.59 Å². The first kappa shape index (κ1) is 18.6. The summed E-state index contributed by atoms with van der Waals surface area (Å²) in [6.45, 7) is 0.518. The van der Waals surface area contributed by atoms with E-state index in [4.69, 9.17) is 12.2 Å². The van der Waals surface area contributed by atoms with Crippen molar-refractivity contribution in [3.8, 4) is 0 Å². The molecule has 2 aromatic rings. The van der Waals surface area contributed by atoms with Crippen LogP contribution >= 0.6 is 24.0 Å². The lowest BCUT2D eigenvalue weighted by molar-refractivity contribution is -0.305. The highest BCUT2D eigenvalue weighted by atomic mass is 32.2. The van der Waals surface area contributed by atoms with Crippen LogP contribution in [0.5, 0.6) is 0 Å². The minimum absolute atomic E-state index is 0.0549. The largest absolute Gasteiger partial charge is 0.550 e. The minimum atomic E-state index is -1.03. The molecule has 4 nitrogen and oxygen atoms in total. The van der Waals surface area contributed by atoms with E-state index in [0.29, 0.717) is 22.2 Å². The molecular formula is C20H18NO3S2-. The SMILES string of the molecule is O=C([O-])CCCCCN1C(=O)C(=Cc2cccc3ccccc23)SC1=S. The van der Waals surface area contributed by atoms with Crippen molar-refractivity contribution in [1.29, 1.82) is 0 Å². The maximum atomic E-state index is 12.7. The van der Waals surface area contributed by atoms with E-state index in [-0.39, 0.29) is 12.3 Å².